The maximum absolute atomic E-state index is 13.1. The van der Waals surface area contributed by atoms with Crippen LogP contribution in [0.3, 0.4) is 0 Å². The summed E-state index contributed by atoms with van der Waals surface area (Å²) in [5, 5.41) is 2.99. The Kier molecular flexibility index (Phi) is 4.09. The van der Waals surface area contributed by atoms with E-state index in [1.54, 1.807) is 18.2 Å². The van der Waals surface area contributed by atoms with E-state index in [1.165, 1.54) is 6.07 Å². The van der Waals surface area contributed by atoms with E-state index in [-0.39, 0.29) is 11.4 Å². The number of nitrogens with one attached hydrogen (secondary N) is 1. The van der Waals surface area contributed by atoms with Crippen LogP contribution in [0.1, 0.15) is 20.8 Å². The molecular formula is C12H18FNO. The summed E-state index contributed by atoms with van der Waals surface area (Å²) < 4.78 is 18.7. The van der Waals surface area contributed by atoms with Crippen LogP contribution in [-0.2, 0) is 4.74 Å². The first-order valence-electron chi connectivity index (χ1n) is 5.11. The lowest BCUT2D eigenvalue weighted by atomic mass is 10.2. The van der Waals surface area contributed by atoms with Crippen molar-refractivity contribution in [2.45, 2.75) is 26.4 Å². The highest BCUT2D eigenvalue weighted by Gasteiger charge is 2.09. The molecule has 0 unspecified atom stereocenters. The van der Waals surface area contributed by atoms with Crippen molar-refractivity contribution < 1.29 is 9.13 Å². The Morgan fingerprint density at radius 1 is 1.27 bits per heavy atom. The molecule has 0 heterocycles. The highest BCUT2D eigenvalue weighted by atomic mass is 19.1. The minimum absolute atomic E-state index is 0.142. The van der Waals surface area contributed by atoms with Crippen LogP contribution in [0.2, 0.25) is 0 Å². The minimum atomic E-state index is -0.228. The fourth-order valence-electron chi connectivity index (χ4n) is 1.15. The Morgan fingerprint density at radius 2 is 1.93 bits per heavy atom. The second-order valence-electron chi connectivity index (χ2n) is 4.37. The van der Waals surface area contributed by atoms with E-state index in [9.17, 15) is 4.39 Å². The zero-order chi connectivity index (χ0) is 11.3. The van der Waals surface area contributed by atoms with Crippen molar-refractivity contribution >= 4 is 5.69 Å². The Morgan fingerprint density at radius 3 is 2.53 bits per heavy atom. The molecule has 0 radical (unpaired) electrons. The van der Waals surface area contributed by atoms with Crippen molar-refractivity contribution in [3.8, 4) is 0 Å². The van der Waals surface area contributed by atoms with Crippen molar-refractivity contribution in [3.05, 3.63) is 30.1 Å². The molecule has 3 heteroatoms. The summed E-state index contributed by atoms with van der Waals surface area (Å²) in [6, 6.07) is 6.63. The summed E-state index contributed by atoms with van der Waals surface area (Å²) in [6.45, 7) is 7.17. The molecule has 2 nitrogen and oxygen atoms in total. The molecule has 0 saturated heterocycles. The van der Waals surface area contributed by atoms with Gasteiger partial charge in [-0.2, -0.15) is 0 Å². The van der Waals surface area contributed by atoms with Gasteiger partial charge >= 0.3 is 0 Å². The molecule has 0 aliphatic heterocycles. The Labute approximate surface area is 90.4 Å². The molecule has 0 saturated carbocycles. The predicted octanol–water partition coefficient (Wildman–Crippen LogP) is 3.05. The van der Waals surface area contributed by atoms with E-state index in [0.29, 0.717) is 18.8 Å². The standard InChI is InChI=1S/C12H18FNO/c1-12(2,3)15-9-8-14-11-7-5-4-6-10(11)13/h4-7,14H,8-9H2,1-3H3. The van der Waals surface area contributed by atoms with Gasteiger partial charge in [0.05, 0.1) is 17.9 Å². The topological polar surface area (TPSA) is 21.3 Å². The van der Waals surface area contributed by atoms with Gasteiger partial charge in [-0.15, -0.1) is 0 Å². The summed E-state index contributed by atoms with van der Waals surface area (Å²) in [5.41, 5.74) is 0.381. The third-order valence-corrected chi connectivity index (χ3v) is 1.83. The van der Waals surface area contributed by atoms with Crippen molar-refractivity contribution in [1.29, 1.82) is 0 Å². The lowest BCUT2D eigenvalue weighted by Crippen LogP contribution is -2.23. The molecule has 0 amide bonds. The third-order valence-electron chi connectivity index (χ3n) is 1.83. The van der Waals surface area contributed by atoms with Crippen LogP contribution in [0.5, 0.6) is 0 Å². The minimum Gasteiger partial charge on any atom is -0.380 e. The van der Waals surface area contributed by atoms with Crippen LogP contribution in [0.25, 0.3) is 0 Å². The van der Waals surface area contributed by atoms with Crippen molar-refractivity contribution in [2.75, 3.05) is 18.5 Å². The van der Waals surface area contributed by atoms with Gasteiger partial charge in [0.1, 0.15) is 5.82 Å². The van der Waals surface area contributed by atoms with Gasteiger partial charge in [-0.25, -0.2) is 4.39 Å². The van der Waals surface area contributed by atoms with Crippen LogP contribution in [0, 0.1) is 5.82 Å². The van der Waals surface area contributed by atoms with E-state index >= 15 is 0 Å². The van der Waals surface area contributed by atoms with Gasteiger partial charge in [0.25, 0.3) is 0 Å². The first-order valence-corrected chi connectivity index (χ1v) is 5.11. The summed E-state index contributed by atoms with van der Waals surface area (Å²) >= 11 is 0. The number of ether oxygens (including phenoxy) is 1. The van der Waals surface area contributed by atoms with Crippen LogP contribution >= 0.6 is 0 Å². The first-order chi connectivity index (χ1) is 6.99. The quantitative estimate of drug-likeness (QED) is 0.773. The Bertz CT molecular complexity index is 307. The predicted molar refractivity (Wildman–Crippen MR) is 60.6 cm³/mol. The molecular weight excluding hydrogens is 193 g/mol. The number of halogens is 1. The van der Waals surface area contributed by atoms with Gasteiger partial charge in [-0.3, -0.25) is 0 Å². The Balaban J connectivity index is 2.30. The van der Waals surface area contributed by atoms with Gasteiger partial charge in [0, 0.05) is 6.54 Å². The van der Waals surface area contributed by atoms with Crippen molar-refractivity contribution in [3.63, 3.8) is 0 Å². The van der Waals surface area contributed by atoms with E-state index in [0.717, 1.165) is 0 Å². The maximum Gasteiger partial charge on any atom is 0.146 e. The lowest BCUT2D eigenvalue weighted by Gasteiger charge is -2.19. The highest BCUT2D eigenvalue weighted by molar-refractivity contribution is 5.44. The van der Waals surface area contributed by atoms with Gasteiger partial charge in [-0.1, -0.05) is 12.1 Å². The number of rotatable bonds is 4. The number of hydrogen-bond acceptors (Lipinski definition) is 2. The number of hydrogen-bond donors (Lipinski definition) is 1. The molecule has 84 valence electrons. The second-order valence-corrected chi connectivity index (χ2v) is 4.37. The average Bonchev–Trinajstić information content (AvgIpc) is 2.13. The maximum atomic E-state index is 13.1. The van der Waals surface area contributed by atoms with Crippen molar-refractivity contribution in [2.24, 2.45) is 0 Å². The largest absolute Gasteiger partial charge is 0.380 e. The fourth-order valence-corrected chi connectivity index (χ4v) is 1.15. The summed E-state index contributed by atoms with van der Waals surface area (Å²) in [7, 11) is 0. The molecule has 0 aliphatic rings. The molecule has 0 aliphatic carbocycles. The van der Waals surface area contributed by atoms with Gasteiger partial charge < -0.3 is 10.1 Å². The Hall–Kier alpha value is -1.09. The first kappa shape index (κ1) is 12.0. The molecule has 1 rings (SSSR count). The zero-order valence-electron chi connectivity index (χ0n) is 9.51. The monoisotopic (exact) mass is 211 g/mol. The molecule has 1 aromatic rings. The SMILES string of the molecule is CC(C)(C)OCCNc1ccccc1F. The van der Waals surface area contributed by atoms with E-state index in [4.69, 9.17) is 4.74 Å². The normalized spacial score (nSPS) is 11.5. The van der Waals surface area contributed by atoms with Gasteiger partial charge in [-0.05, 0) is 32.9 Å². The molecule has 15 heavy (non-hydrogen) atoms. The number of anilines is 1. The smallest absolute Gasteiger partial charge is 0.146 e. The van der Waals surface area contributed by atoms with Crippen LogP contribution in [0.15, 0.2) is 24.3 Å². The molecule has 0 spiro atoms. The second kappa shape index (κ2) is 5.12. The van der Waals surface area contributed by atoms with Gasteiger partial charge in [0.2, 0.25) is 0 Å². The molecule has 1 N–H and O–H groups in total. The summed E-state index contributed by atoms with van der Waals surface area (Å²) in [6.07, 6.45) is 0. The average molecular weight is 211 g/mol. The van der Waals surface area contributed by atoms with Gasteiger partial charge in [0.15, 0.2) is 0 Å². The van der Waals surface area contributed by atoms with E-state index in [1.807, 2.05) is 20.8 Å². The van der Waals surface area contributed by atoms with Crippen LogP contribution < -0.4 is 5.32 Å². The molecule has 1 aromatic carbocycles. The zero-order valence-corrected chi connectivity index (χ0v) is 9.51. The third kappa shape index (κ3) is 4.79. The molecule has 0 atom stereocenters. The number of benzene rings is 1. The molecule has 0 bridgehead atoms. The summed E-state index contributed by atoms with van der Waals surface area (Å²) in [4.78, 5) is 0. The number of para-hydroxylation sites is 1. The van der Waals surface area contributed by atoms with Crippen molar-refractivity contribution in [1.82, 2.24) is 0 Å². The molecule has 0 aromatic heterocycles. The van der Waals surface area contributed by atoms with Crippen LogP contribution in [-0.4, -0.2) is 18.8 Å². The molecule has 0 fully saturated rings. The van der Waals surface area contributed by atoms with E-state index in [2.05, 4.69) is 5.32 Å². The van der Waals surface area contributed by atoms with E-state index < -0.39 is 0 Å². The fraction of sp³-hybridized carbons (Fsp3) is 0.500. The summed E-state index contributed by atoms with van der Waals surface area (Å²) in [5.74, 6) is -0.228. The highest BCUT2D eigenvalue weighted by Crippen LogP contribution is 2.12. The lowest BCUT2D eigenvalue weighted by molar-refractivity contribution is 0.00332. The van der Waals surface area contributed by atoms with Crippen LogP contribution in [0.4, 0.5) is 10.1 Å².